The Morgan fingerprint density at radius 3 is 2.60 bits per heavy atom. The van der Waals surface area contributed by atoms with Crippen LogP contribution in [-0.2, 0) is 4.79 Å². The lowest BCUT2D eigenvalue weighted by atomic mass is 9.96. The van der Waals surface area contributed by atoms with E-state index in [1.807, 2.05) is 26.8 Å². The molecule has 1 aromatic heterocycles. The van der Waals surface area contributed by atoms with Gasteiger partial charge in [-0.25, -0.2) is 13.6 Å². The number of carbonyl (C=O) groups is 1. The molecule has 2 saturated heterocycles. The number of piperazine rings is 1. The first-order chi connectivity index (χ1) is 20.1. The van der Waals surface area contributed by atoms with Crippen molar-refractivity contribution < 1.29 is 13.6 Å². The number of halogens is 3. The van der Waals surface area contributed by atoms with Gasteiger partial charge in [-0.1, -0.05) is 18.2 Å². The van der Waals surface area contributed by atoms with Gasteiger partial charge in [-0.15, -0.1) is 11.8 Å². The molecule has 0 spiro atoms. The van der Waals surface area contributed by atoms with Gasteiger partial charge in [0.15, 0.2) is 0 Å². The molecule has 42 heavy (non-hydrogen) atoms. The molecule has 0 aliphatic carbocycles. The third kappa shape index (κ3) is 4.91. The second-order valence-corrected chi connectivity index (χ2v) is 13.1. The molecular formula is C31H34ClF2N5O2S. The molecular weight excluding hydrogens is 580 g/mol. The minimum Gasteiger partial charge on any atom is -0.349 e. The van der Waals surface area contributed by atoms with Gasteiger partial charge in [0.2, 0.25) is 5.91 Å². The molecule has 0 radical (unpaired) electrons. The molecule has 11 heteroatoms. The van der Waals surface area contributed by atoms with Gasteiger partial charge in [-0.05, 0) is 70.5 Å². The lowest BCUT2D eigenvalue weighted by Crippen LogP contribution is -2.58. The molecule has 7 nitrogen and oxygen atoms in total. The summed E-state index contributed by atoms with van der Waals surface area (Å²) in [6, 6.07) is 3.78. The topological polar surface area (TPSA) is 61.7 Å². The van der Waals surface area contributed by atoms with Gasteiger partial charge in [-0.3, -0.25) is 9.36 Å². The quantitative estimate of drug-likeness (QED) is 0.274. The van der Waals surface area contributed by atoms with E-state index in [9.17, 15) is 14.0 Å². The lowest BCUT2D eigenvalue weighted by Gasteiger charge is -2.45. The summed E-state index contributed by atoms with van der Waals surface area (Å²) in [5.41, 5.74) is 1.96. The fourth-order valence-electron chi connectivity index (χ4n) is 6.73. The molecule has 0 bridgehead atoms. The summed E-state index contributed by atoms with van der Waals surface area (Å²) in [6.45, 7) is 13.2. The number of thioether (sulfide) groups is 1. The SMILES string of the molecule is C=CC(=O)N1C[C@H](C)N(c2nc(=O)n3c4c(c(-c5cc(Cl)c(F)cc5F)c(C)cc24)SCC3CN2CCCC2)C[C@H]1C. The van der Waals surface area contributed by atoms with Gasteiger partial charge in [0.25, 0.3) is 0 Å². The molecule has 0 N–H and O–H groups in total. The number of benzene rings is 2. The van der Waals surface area contributed by atoms with Gasteiger partial charge < -0.3 is 14.7 Å². The first-order valence-corrected chi connectivity index (χ1v) is 15.7. The Balaban J connectivity index is 1.57. The summed E-state index contributed by atoms with van der Waals surface area (Å²) < 4.78 is 31.2. The number of amides is 1. The highest BCUT2D eigenvalue weighted by atomic mass is 35.5. The molecule has 2 fully saturated rings. The first-order valence-electron chi connectivity index (χ1n) is 14.4. The standard InChI is InChI=1S/C31H34ClF2N5O2S/c1-5-26(40)37-13-19(4)38(14-18(37)3)30-22-10-17(2)27(21-11-23(32)25(34)12-24(21)33)29-28(22)39(31(41)35-30)20(16-42-29)15-36-8-6-7-9-36/h5,10-12,18-20H,1,6-9,13-16H2,2-4H3/t18-,19+,20?/m1/s1. The molecule has 1 unspecified atom stereocenters. The van der Waals surface area contributed by atoms with Crippen LogP contribution in [0.2, 0.25) is 5.02 Å². The largest absolute Gasteiger partial charge is 0.350 e. The van der Waals surface area contributed by atoms with Crippen LogP contribution in [0.25, 0.3) is 22.0 Å². The average Bonchev–Trinajstić information content (AvgIpc) is 3.47. The smallest absolute Gasteiger partial charge is 0.349 e. The van der Waals surface area contributed by atoms with Crippen molar-refractivity contribution in [1.29, 1.82) is 0 Å². The summed E-state index contributed by atoms with van der Waals surface area (Å²) in [5.74, 6) is -0.455. The van der Waals surface area contributed by atoms with Crippen LogP contribution in [0, 0.1) is 18.6 Å². The van der Waals surface area contributed by atoms with Crippen LogP contribution >= 0.6 is 23.4 Å². The zero-order valence-electron chi connectivity index (χ0n) is 24.0. The Hall–Kier alpha value is -2.95. The molecule has 2 aromatic carbocycles. The maximum absolute atomic E-state index is 15.3. The van der Waals surface area contributed by atoms with E-state index in [0.717, 1.165) is 59.9 Å². The van der Waals surface area contributed by atoms with Crippen LogP contribution in [0.1, 0.15) is 38.3 Å². The minimum atomic E-state index is -0.816. The molecule has 3 atom stereocenters. The molecule has 1 amide bonds. The highest BCUT2D eigenvalue weighted by Crippen LogP contribution is 2.47. The van der Waals surface area contributed by atoms with E-state index >= 15 is 4.39 Å². The van der Waals surface area contributed by atoms with Gasteiger partial charge in [0, 0.05) is 64.9 Å². The number of nitrogens with zero attached hydrogens (tertiary/aromatic N) is 5. The number of anilines is 1. The van der Waals surface area contributed by atoms with E-state index in [1.165, 1.54) is 12.1 Å². The summed E-state index contributed by atoms with van der Waals surface area (Å²) in [4.78, 5) is 38.2. The van der Waals surface area contributed by atoms with Crippen molar-refractivity contribution >= 4 is 46.0 Å². The van der Waals surface area contributed by atoms with Crippen LogP contribution in [0.4, 0.5) is 14.6 Å². The number of rotatable bonds is 5. The third-order valence-corrected chi connectivity index (χ3v) is 10.3. The highest BCUT2D eigenvalue weighted by molar-refractivity contribution is 7.99. The van der Waals surface area contributed by atoms with Crippen LogP contribution in [-0.4, -0.2) is 75.8 Å². The molecule has 222 valence electrons. The van der Waals surface area contributed by atoms with Crippen molar-refractivity contribution in [3.05, 3.63) is 63.6 Å². The van der Waals surface area contributed by atoms with E-state index in [4.69, 9.17) is 16.6 Å². The van der Waals surface area contributed by atoms with Crippen molar-refractivity contribution in [2.45, 2.75) is 56.6 Å². The first kappa shape index (κ1) is 29.1. The highest BCUT2D eigenvalue weighted by Gasteiger charge is 2.36. The van der Waals surface area contributed by atoms with E-state index in [-0.39, 0.29) is 40.3 Å². The Morgan fingerprint density at radius 2 is 1.88 bits per heavy atom. The normalized spacial score (nSPS) is 22.7. The van der Waals surface area contributed by atoms with E-state index in [0.29, 0.717) is 30.2 Å². The van der Waals surface area contributed by atoms with Crippen molar-refractivity contribution in [1.82, 2.24) is 19.4 Å². The Kier molecular flexibility index (Phi) is 7.82. The monoisotopic (exact) mass is 613 g/mol. The van der Waals surface area contributed by atoms with Crippen LogP contribution in [0.3, 0.4) is 0 Å². The Labute approximate surface area is 253 Å². The van der Waals surface area contributed by atoms with Crippen molar-refractivity contribution in [3.8, 4) is 11.1 Å². The summed E-state index contributed by atoms with van der Waals surface area (Å²) in [5, 5.41) is 0.647. The number of aryl methyl sites for hydroxylation is 1. The predicted molar refractivity (Wildman–Crippen MR) is 165 cm³/mol. The van der Waals surface area contributed by atoms with Crippen molar-refractivity contribution in [2.24, 2.45) is 0 Å². The van der Waals surface area contributed by atoms with Gasteiger partial charge >= 0.3 is 5.69 Å². The fourth-order valence-corrected chi connectivity index (χ4v) is 8.27. The fraction of sp³-hybridized carbons (Fsp3) is 0.452. The minimum absolute atomic E-state index is 0.104. The Morgan fingerprint density at radius 1 is 1.14 bits per heavy atom. The average molecular weight is 614 g/mol. The Bertz CT molecular complexity index is 1660. The van der Waals surface area contributed by atoms with Crippen LogP contribution in [0.5, 0.6) is 0 Å². The molecule has 3 aliphatic heterocycles. The second-order valence-electron chi connectivity index (χ2n) is 11.6. The predicted octanol–water partition coefficient (Wildman–Crippen LogP) is 5.66. The molecule has 4 heterocycles. The van der Waals surface area contributed by atoms with E-state index in [2.05, 4.69) is 16.4 Å². The van der Waals surface area contributed by atoms with Gasteiger partial charge in [-0.2, -0.15) is 4.98 Å². The van der Waals surface area contributed by atoms with Crippen molar-refractivity contribution in [3.63, 3.8) is 0 Å². The zero-order chi connectivity index (χ0) is 29.9. The molecule has 6 rings (SSSR count). The second kappa shape index (κ2) is 11.3. The number of carbonyl (C=O) groups excluding carboxylic acids is 1. The lowest BCUT2D eigenvalue weighted by molar-refractivity contribution is -0.128. The maximum atomic E-state index is 15.3. The maximum Gasteiger partial charge on any atom is 0.350 e. The summed E-state index contributed by atoms with van der Waals surface area (Å²) >= 11 is 7.73. The van der Waals surface area contributed by atoms with Crippen molar-refractivity contribution in [2.75, 3.05) is 43.4 Å². The molecule has 3 aromatic rings. The van der Waals surface area contributed by atoms with Gasteiger partial charge in [0.1, 0.15) is 17.5 Å². The van der Waals surface area contributed by atoms with Crippen LogP contribution in [0.15, 0.2) is 40.5 Å². The number of likely N-dealkylation sites (tertiary alicyclic amines) is 1. The van der Waals surface area contributed by atoms with Crippen LogP contribution < -0.4 is 10.6 Å². The zero-order valence-corrected chi connectivity index (χ0v) is 25.6. The summed E-state index contributed by atoms with van der Waals surface area (Å²) in [6.07, 6.45) is 3.61. The molecule has 0 saturated carbocycles. The van der Waals surface area contributed by atoms with E-state index in [1.54, 1.807) is 21.2 Å². The van der Waals surface area contributed by atoms with E-state index < -0.39 is 11.6 Å². The number of hydrogen-bond acceptors (Lipinski definition) is 6. The number of aromatic nitrogens is 2. The third-order valence-electron chi connectivity index (χ3n) is 8.79. The van der Waals surface area contributed by atoms with Gasteiger partial charge in [0.05, 0.1) is 16.6 Å². The molecule has 3 aliphatic rings. The number of hydrogen-bond donors (Lipinski definition) is 0. The summed E-state index contributed by atoms with van der Waals surface area (Å²) in [7, 11) is 0.